The highest BCUT2D eigenvalue weighted by atomic mass is 19.3. The maximum Gasteiger partial charge on any atom is 0.251 e. The van der Waals surface area contributed by atoms with Crippen LogP contribution < -0.4 is 4.90 Å². The molecule has 7 rings (SSSR count). The first kappa shape index (κ1) is 26.1. The van der Waals surface area contributed by atoms with Crippen LogP contribution in [0, 0.1) is 12.8 Å². The molecule has 3 aromatic carbocycles. The predicted octanol–water partition coefficient (Wildman–Crippen LogP) is 7.15. The van der Waals surface area contributed by atoms with E-state index in [9.17, 15) is 8.78 Å². The third-order valence-electron chi connectivity index (χ3n) is 9.05. The lowest BCUT2D eigenvalue weighted by Gasteiger charge is -2.34. The van der Waals surface area contributed by atoms with Crippen molar-refractivity contribution in [3.63, 3.8) is 0 Å². The number of halogens is 2. The molecule has 1 atom stereocenters. The summed E-state index contributed by atoms with van der Waals surface area (Å²) in [6, 6.07) is 24.0. The molecule has 0 saturated carbocycles. The number of ether oxygens (including phenoxy) is 1. The first-order valence-corrected chi connectivity index (χ1v) is 14.6. The molecule has 5 aromatic rings. The van der Waals surface area contributed by atoms with Crippen LogP contribution in [0.4, 0.5) is 14.5 Å². The number of aromatic nitrogens is 4. The van der Waals surface area contributed by atoms with E-state index in [1.165, 1.54) is 16.3 Å². The quantitative estimate of drug-likeness (QED) is 0.231. The van der Waals surface area contributed by atoms with E-state index < -0.39 is 5.92 Å². The summed E-state index contributed by atoms with van der Waals surface area (Å²) in [5, 5.41) is 10.9. The number of benzene rings is 3. The fourth-order valence-electron chi connectivity index (χ4n) is 6.94. The zero-order chi connectivity index (χ0) is 28.1. The normalized spacial score (nSPS) is 18.8. The lowest BCUT2D eigenvalue weighted by Crippen LogP contribution is -2.39. The van der Waals surface area contributed by atoms with Gasteiger partial charge in [0.2, 0.25) is 0 Å². The molecule has 0 aliphatic carbocycles. The summed E-state index contributed by atoms with van der Waals surface area (Å²) < 4.78 is 38.2. The van der Waals surface area contributed by atoms with Gasteiger partial charge in [0.15, 0.2) is 0 Å². The van der Waals surface area contributed by atoms with Gasteiger partial charge in [0.1, 0.15) is 0 Å². The van der Waals surface area contributed by atoms with Gasteiger partial charge < -0.3 is 14.2 Å². The van der Waals surface area contributed by atoms with Crippen LogP contribution in [0.5, 0.6) is 0 Å². The molecule has 212 valence electrons. The van der Waals surface area contributed by atoms with Crippen LogP contribution in [-0.4, -0.2) is 51.8 Å². The van der Waals surface area contributed by atoms with Crippen LogP contribution in [0.25, 0.3) is 33.1 Å². The molecule has 0 unspecified atom stereocenters. The summed E-state index contributed by atoms with van der Waals surface area (Å²) in [5.74, 6) is -2.18. The SMILES string of the molecule is Cc1nnn(C)c1-c1ccc2c3ccc(N4CCC(F)(F)CC4)cc3n([C@H](c3ccccc3)C3CCOCC3)c2c1. The van der Waals surface area contributed by atoms with Gasteiger partial charge in [0.05, 0.1) is 28.5 Å². The number of fused-ring (bicyclic) bond motifs is 3. The molecule has 0 N–H and O–H groups in total. The minimum Gasteiger partial charge on any atom is -0.381 e. The number of aryl methyl sites for hydroxylation is 2. The number of piperidine rings is 1. The summed E-state index contributed by atoms with van der Waals surface area (Å²) in [5.41, 5.74) is 7.52. The van der Waals surface area contributed by atoms with Crippen molar-refractivity contribution in [1.82, 2.24) is 19.6 Å². The molecule has 41 heavy (non-hydrogen) atoms. The van der Waals surface area contributed by atoms with Crippen LogP contribution in [-0.2, 0) is 11.8 Å². The molecule has 6 nitrogen and oxygen atoms in total. The van der Waals surface area contributed by atoms with E-state index in [0.29, 0.717) is 19.0 Å². The maximum atomic E-state index is 14.0. The van der Waals surface area contributed by atoms with Gasteiger partial charge in [0, 0.05) is 68.2 Å². The molecule has 2 fully saturated rings. The van der Waals surface area contributed by atoms with Crippen molar-refractivity contribution in [2.24, 2.45) is 13.0 Å². The Hall–Kier alpha value is -3.78. The highest BCUT2D eigenvalue weighted by Gasteiger charge is 2.35. The lowest BCUT2D eigenvalue weighted by molar-refractivity contribution is -0.0220. The Labute approximate surface area is 238 Å². The van der Waals surface area contributed by atoms with E-state index in [-0.39, 0.29) is 18.9 Å². The van der Waals surface area contributed by atoms with Crippen molar-refractivity contribution in [3.8, 4) is 11.3 Å². The largest absolute Gasteiger partial charge is 0.381 e. The number of hydrogen-bond donors (Lipinski definition) is 0. The topological polar surface area (TPSA) is 48.1 Å². The van der Waals surface area contributed by atoms with Gasteiger partial charge in [-0.3, -0.25) is 0 Å². The van der Waals surface area contributed by atoms with E-state index in [4.69, 9.17) is 4.74 Å². The van der Waals surface area contributed by atoms with Gasteiger partial charge in [-0.1, -0.05) is 53.7 Å². The number of hydrogen-bond acceptors (Lipinski definition) is 4. The van der Waals surface area contributed by atoms with E-state index in [2.05, 4.69) is 86.5 Å². The molecule has 4 heterocycles. The first-order valence-electron chi connectivity index (χ1n) is 14.6. The van der Waals surface area contributed by atoms with E-state index in [0.717, 1.165) is 59.7 Å². The lowest BCUT2D eigenvalue weighted by atomic mass is 9.86. The number of anilines is 1. The van der Waals surface area contributed by atoms with Gasteiger partial charge in [0.25, 0.3) is 5.92 Å². The Morgan fingerprint density at radius 1 is 0.902 bits per heavy atom. The second-order valence-electron chi connectivity index (χ2n) is 11.6. The molecule has 2 aliphatic heterocycles. The Bertz CT molecular complexity index is 1670. The zero-order valence-electron chi connectivity index (χ0n) is 23.6. The molecule has 2 saturated heterocycles. The summed E-state index contributed by atoms with van der Waals surface area (Å²) in [6.07, 6.45) is 1.74. The Morgan fingerprint density at radius 2 is 1.59 bits per heavy atom. The van der Waals surface area contributed by atoms with Crippen molar-refractivity contribution in [3.05, 3.63) is 78.0 Å². The van der Waals surface area contributed by atoms with Crippen molar-refractivity contribution in [2.75, 3.05) is 31.2 Å². The highest BCUT2D eigenvalue weighted by Crippen LogP contribution is 2.43. The van der Waals surface area contributed by atoms with Crippen LogP contribution in [0.15, 0.2) is 66.7 Å². The van der Waals surface area contributed by atoms with E-state index in [1.54, 1.807) is 0 Å². The number of nitrogens with zero attached hydrogens (tertiary/aromatic N) is 5. The molecule has 8 heteroatoms. The van der Waals surface area contributed by atoms with Crippen molar-refractivity contribution >= 4 is 27.5 Å². The standard InChI is InChI=1S/C33H35F2N5O/c1-22-31(38(2)37-36-22)25-8-10-27-28-11-9-26(39-16-14-33(34,35)15-17-39)21-30(28)40(29(27)20-25)32(23-6-4-3-5-7-23)24-12-18-41-19-13-24/h3-11,20-21,24,32H,12-19H2,1-2H3/t32-/m1/s1. The van der Waals surface area contributed by atoms with Crippen molar-refractivity contribution in [1.29, 1.82) is 0 Å². The zero-order valence-corrected chi connectivity index (χ0v) is 23.6. The van der Waals surface area contributed by atoms with E-state index >= 15 is 0 Å². The second-order valence-corrected chi connectivity index (χ2v) is 11.6. The summed E-state index contributed by atoms with van der Waals surface area (Å²) in [7, 11) is 1.93. The van der Waals surface area contributed by atoms with Gasteiger partial charge in [-0.2, -0.15) is 0 Å². The minimum atomic E-state index is -2.58. The summed E-state index contributed by atoms with van der Waals surface area (Å²) in [6.45, 7) is 4.22. The Balaban J connectivity index is 1.47. The monoisotopic (exact) mass is 555 g/mol. The maximum absolute atomic E-state index is 14.0. The molecule has 0 bridgehead atoms. The van der Waals surface area contributed by atoms with Gasteiger partial charge in [-0.05, 0) is 49.4 Å². The molecule has 0 amide bonds. The van der Waals surface area contributed by atoms with Crippen molar-refractivity contribution in [2.45, 2.75) is 44.6 Å². The average Bonchev–Trinajstić information content (AvgIpc) is 3.49. The smallest absolute Gasteiger partial charge is 0.251 e. The number of alkyl halides is 2. The fourth-order valence-corrected chi connectivity index (χ4v) is 6.94. The number of rotatable bonds is 5. The Kier molecular flexibility index (Phi) is 6.53. The van der Waals surface area contributed by atoms with Crippen LogP contribution in [0.2, 0.25) is 0 Å². The first-order chi connectivity index (χ1) is 19.9. The Morgan fingerprint density at radius 3 is 2.27 bits per heavy atom. The molecular weight excluding hydrogens is 520 g/mol. The van der Waals surface area contributed by atoms with Gasteiger partial charge in [-0.15, -0.1) is 5.10 Å². The third-order valence-corrected chi connectivity index (χ3v) is 9.05. The highest BCUT2D eigenvalue weighted by molar-refractivity contribution is 6.10. The van der Waals surface area contributed by atoms with Crippen LogP contribution in [0.1, 0.15) is 43.0 Å². The molecular formula is C33H35F2N5O. The molecule has 2 aliphatic rings. The molecule has 2 aromatic heterocycles. The van der Waals surface area contributed by atoms with E-state index in [1.807, 2.05) is 18.7 Å². The second kappa shape index (κ2) is 10.2. The van der Waals surface area contributed by atoms with Crippen LogP contribution in [0.3, 0.4) is 0 Å². The van der Waals surface area contributed by atoms with Gasteiger partial charge >= 0.3 is 0 Å². The molecule has 0 spiro atoms. The van der Waals surface area contributed by atoms with Gasteiger partial charge in [-0.25, -0.2) is 13.5 Å². The molecule has 0 radical (unpaired) electrons. The van der Waals surface area contributed by atoms with Crippen molar-refractivity contribution < 1.29 is 13.5 Å². The summed E-state index contributed by atoms with van der Waals surface area (Å²) >= 11 is 0. The van der Waals surface area contributed by atoms with Crippen LogP contribution >= 0.6 is 0 Å². The average molecular weight is 556 g/mol. The predicted molar refractivity (Wildman–Crippen MR) is 159 cm³/mol. The summed E-state index contributed by atoms with van der Waals surface area (Å²) in [4.78, 5) is 2.11. The fraction of sp³-hybridized carbons (Fsp3) is 0.394. The third kappa shape index (κ3) is 4.68. The minimum absolute atomic E-state index is 0.0991.